The van der Waals surface area contributed by atoms with Crippen molar-refractivity contribution in [3.8, 4) is 0 Å². The molecule has 1 aromatic rings. The van der Waals surface area contributed by atoms with E-state index < -0.39 is 0 Å². The average Bonchev–Trinajstić information content (AvgIpc) is 2.88. The second-order valence-corrected chi connectivity index (χ2v) is 5.82. The number of halogens is 1. The van der Waals surface area contributed by atoms with Gasteiger partial charge in [-0.2, -0.15) is 5.10 Å². The van der Waals surface area contributed by atoms with Crippen LogP contribution in [0.1, 0.15) is 60.6 Å². The lowest BCUT2D eigenvalue weighted by Gasteiger charge is -2.10. The summed E-state index contributed by atoms with van der Waals surface area (Å²) in [5, 5.41) is 10.2. The Labute approximate surface area is 109 Å². The van der Waals surface area contributed by atoms with Crippen LogP contribution in [0, 0.1) is 0 Å². The Morgan fingerprint density at radius 1 is 1.29 bits per heavy atom. The van der Waals surface area contributed by atoms with Gasteiger partial charge in [0.05, 0.1) is 10.2 Å². The summed E-state index contributed by atoms with van der Waals surface area (Å²) in [6.07, 6.45) is 7.04. The monoisotopic (exact) mass is 297 g/mol. The van der Waals surface area contributed by atoms with Gasteiger partial charge < -0.3 is 5.32 Å². The fourth-order valence-electron chi connectivity index (χ4n) is 2.46. The number of nitrogens with zero attached hydrogens (tertiary/aromatic N) is 1. The zero-order valence-electron chi connectivity index (χ0n) is 9.63. The minimum absolute atomic E-state index is 0.0491. The molecule has 1 aromatic heterocycles. The number of rotatable bonds is 3. The molecule has 1 amide bonds. The third kappa shape index (κ3) is 2.25. The maximum absolute atomic E-state index is 12.1. The predicted octanol–water partition coefficient (Wildman–Crippen LogP) is 2.72. The molecule has 0 unspecified atom stereocenters. The van der Waals surface area contributed by atoms with E-state index in [2.05, 4.69) is 31.4 Å². The van der Waals surface area contributed by atoms with Crippen LogP contribution in [0.5, 0.6) is 0 Å². The van der Waals surface area contributed by atoms with Crippen molar-refractivity contribution in [2.24, 2.45) is 0 Å². The van der Waals surface area contributed by atoms with Crippen LogP contribution in [0.15, 0.2) is 4.47 Å². The molecule has 3 rings (SSSR count). The number of amides is 1. The van der Waals surface area contributed by atoms with Gasteiger partial charge in [-0.1, -0.05) is 12.8 Å². The molecule has 0 atom stereocenters. The summed E-state index contributed by atoms with van der Waals surface area (Å²) < 4.78 is 0.857. The summed E-state index contributed by atoms with van der Waals surface area (Å²) in [4.78, 5) is 12.1. The molecule has 92 valence electrons. The Morgan fingerprint density at radius 3 is 2.65 bits per heavy atom. The number of hydrogen-bond acceptors (Lipinski definition) is 2. The van der Waals surface area contributed by atoms with Crippen molar-refractivity contribution >= 4 is 21.8 Å². The standard InChI is InChI=1S/C12H16BrN3O/c13-9-10(7-5-6-7)15-16-11(9)12(17)14-8-3-1-2-4-8/h7-8H,1-6H2,(H,14,17)(H,15,16). The number of carbonyl (C=O) groups is 1. The lowest BCUT2D eigenvalue weighted by molar-refractivity contribution is 0.0932. The molecule has 0 bridgehead atoms. The normalized spacial score (nSPS) is 20.8. The number of aromatic nitrogens is 2. The van der Waals surface area contributed by atoms with E-state index in [1.807, 2.05) is 0 Å². The zero-order valence-corrected chi connectivity index (χ0v) is 11.2. The van der Waals surface area contributed by atoms with Crippen LogP contribution in [-0.2, 0) is 0 Å². The molecule has 1 heterocycles. The second-order valence-electron chi connectivity index (χ2n) is 5.03. The van der Waals surface area contributed by atoms with Crippen LogP contribution < -0.4 is 5.32 Å². The van der Waals surface area contributed by atoms with Crippen molar-refractivity contribution in [1.82, 2.24) is 15.5 Å². The molecular weight excluding hydrogens is 282 g/mol. The summed E-state index contributed by atoms with van der Waals surface area (Å²) in [6, 6.07) is 0.343. The highest BCUT2D eigenvalue weighted by Gasteiger charge is 2.31. The number of nitrogens with one attached hydrogen (secondary N) is 2. The first-order valence-electron chi connectivity index (χ1n) is 6.30. The van der Waals surface area contributed by atoms with Crippen molar-refractivity contribution in [2.45, 2.75) is 50.5 Å². The largest absolute Gasteiger partial charge is 0.348 e. The third-order valence-corrected chi connectivity index (χ3v) is 4.43. The van der Waals surface area contributed by atoms with E-state index >= 15 is 0 Å². The molecule has 2 saturated carbocycles. The van der Waals surface area contributed by atoms with Crippen LogP contribution in [0.3, 0.4) is 0 Å². The van der Waals surface area contributed by atoms with Gasteiger partial charge in [0.15, 0.2) is 5.69 Å². The first kappa shape index (κ1) is 11.3. The summed E-state index contributed by atoms with van der Waals surface area (Å²) in [6.45, 7) is 0. The number of hydrogen-bond donors (Lipinski definition) is 2. The van der Waals surface area contributed by atoms with Gasteiger partial charge in [-0.05, 0) is 41.6 Å². The minimum Gasteiger partial charge on any atom is -0.348 e. The van der Waals surface area contributed by atoms with Gasteiger partial charge in [-0.25, -0.2) is 0 Å². The smallest absolute Gasteiger partial charge is 0.273 e. The summed E-state index contributed by atoms with van der Waals surface area (Å²) >= 11 is 3.49. The molecule has 5 heteroatoms. The van der Waals surface area contributed by atoms with Gasteiger partial charge in [-0.3, -0.25) is 9.89 Å². The molecule has 0 spiro atoms. The summed E-state index contributed by atoms with van der Waals surface area (Å²) in [5.74, 6) is 0.525. The maximum Gasteiger partial charge on any atom is 0.273 e. The highest BCUT2D eigenvalue weighted by Crippen LogP contribution is 2.42. The van der Waals surface area contributed by atoms with Crippen molar-refractivity contribution in [3.05, 3.63) is 15.9 Å². The molecule has 17 heavy (non-hydrogen) atoms. The lowest BCUT2D eigenvalue weighted by atomic mass is 10.2. The van der Waals surface area contributed by atoms with E-state index in [-0.39, 0.29) is 5.91 Å². The molecule has 2 aliphatic carbocycles. The van der Waals surface area contributed by atoms with Crippen LogP contribution in [0.2, 0.25) is 0 Å². The number of aromatic amines is 1. The molecule has 2 fully saturated rings. The Bertz CT molecular complexity index is 433. The van der Waals surface area contributed by atoms with E-state index in [1.165, 1.54) is 25.7 Å². The first-order valence-corrected chi connectivity index (χ1v) is 7.09. The second kappa shape index (κ2) is 4.44. The molecule has 4 nitrogen and oxygen atoms in total. The highest BCUT2D eigenvalue weighted by molar-refractivity contribution is 9.10. The van der Waals surface area contributed by atoms with Gasteiger partial charge in [0.2, 0.25) is 0 Å². The minimum atomic E-state index is -0.0491. The molecule has 0 aliphatic heterocycles. The van der Waals surface area contributed by atoms with E-state index in [1.54, 1.807) is 0 Å². The molecule has 2 N–H and O–H groups in total. The van der Waals surface area contributed by atoms with E-state index in [0.717, 1.165) is 23.0 Å². The van der Waals surface area contributed by atoms with Crippen molar-refractivity contribution < 1.29 is 4.79 Å². The molecule has 0 aromatic carbocycles. The van der Waals surface area contributed by atoms with Crippen LogP contribution in [0.4, 0.5) is 0 Å². The van der Waals surface area contributed by atoms with Crippen molar-refractivity contribution in [3.63, 3.8) is 0 Å². The van der Waals surface area contributed by atoms with Crippen molar-refractivity contribution in [2.75, 3.05) is 0 Å². The molecule has 2 aliphatic rings. The Morgan fingerprint density at radius 2 is 2.00 bits per heavy atom. The fourth-order valence-corrected chi connectivity index (χ4v) is 3.14. The number of H-pyrrole nitrogens is 1. The Kier molecular flexibility index (Phi) is 2.94. The van der Waals surface area contributed by atoms with E-state index in [4.69, 9.17) is 0 Å². The number of carbonyl (C=O) groups excluding carboxylic acids is 1. The van der Waals surface area contributed by atoms with E-state index in [9.17, 15) is 4.79 Å². The summed E-state index contributed by atoms with van der Waals surface area (Å²) in [5.41, 5.74) is 1.60. The lowest BCUT2D eigenvalue weighted by Crippen LogP contribution is -2.33. The van der Waals surface area contributed by atoms with Crippen LogP contribution >= 0.6 is 15.9 Å². The van der Waals surface area contributed by atoms with Gasteiger partial charge in [0, 0.05) is 12.0 Å². The van der Waals surface area contributed by atoms with Gasteiger partial charge in [0.1, 0.15) is 0 Å². The Hall–Kier alpha value is -0.840. The predicted molar refractivity (Wildman–Crippen MR) is 68.0 cm³/mol. The highest BCUT2D eigenvalue weighted by atomic mass is 79.9. The fraction of sp³-hybridized carbons (Fsp3) is 0.667. The van der Waals surface area contributed by atoms with Crippen molar-refractivity contribution in [1.29, 1.82) is 0 Å². The molecule has 0 radical (unpaired) electrons. The Balaban J connectivity index is 1.71. The van der Waals surface area contributed by atoms with Crippen LogP contribution in [-0.4, -0.2) is 22.1 Å². The molecule has 0 saturated heterocycles. The van der Waals surface area contributed by atoms with E-state index in [0.29, 0.717) is 17.7 Å². The topological polar surface area (TPSA) is 57.8 Å². The third-order valence-electron chi connectivity index (χ3n) is 3.62. The maximum atomic E-state index is 12.1. The summed E-state index contributed by atoms with van der Waals surface area (Å²) in [7, 11) is 0. The van der Waals surface area contributed by atoms with Gasteiger partial charge in [-0.15, -0.1) is 0 Å². The molecular formula is C12H16BrN3O. The first-order chi connectivity index (χ1) is 8.25. The average molecular weight is 298 g/mol. The zero-order chi connectivity index (χ0) is 11.8. The van der Waals surface area contributed by atoms with Gasteiger partial charge >= 0.3 is 0 Å². The SMILES string of the molecule is O=C(NC1CCCC1)c1n[nH]c(C2CC2)c1Br. The quantitative estimate of drug-likeness (QED) is 0.901. The van der Waals surface area contributed by atoms with Gasteiger partial charge in [0.25, 0.3) is 5.91 Å². The van der Waals surface area contributed by atoms with Crippen LogP contribution in [0.25, 0.3) is 0 Å².